The minimum Gasteiger partial charge on any atom is -0.497 e. The van der Waals surface area contributed by atoms with Crippen molar-refractivity contribution in [3.05, 3.63) is 71.0 Å². The van der Waals surface area contributed by atoms with Crippen LogP contribution in [0.25, 0.3) is 21.8 Å². The Labute approximate surface area is 169 Å². The molecule has 2 heterocycles. The van der Waals surface area contributed by atoms with Crippen LogP contribution in [0.5, 0.6) is 5.75 Å². The van der Waals surface area contributed by atoms with Crippen molar-refractivity contribution in [3.63, 3.8) is 0 Å². The van der Waals surface area contributed by atoms with Gasteiger partial charge < -0.3 is 15.0 Å². The van der Waals surface area contributed by atoms with E-state index in [1.165, 1.54) is 21.9 Å². The number of hydrogen-bond acceptors (Lipinski definition) is 3. The van der Waals surface area contributed by atoms with E-state index in [0.29, 0.717) is 0 Å². The van der Waals surface area contributed by atoms with Crippen LogP contribution < -0.4 is 10.1 Å². The Hall–Kier alpha value is -3.34. The normalized spacial score (nSPS) is 16.0. The van der Waals surface area contributed by atoms with Gasteiger partial charge in [-0.25, -0.2) is 0 Å². The van der Waals surface area contributed by atoms with Gasteiger partial charge in [0.25, 0.3) is 0 Å². The molecule has 1 aliphatic carbocycles. The molecule has 1 atom stereocenters. The number of aryl methyl sites for hydroxylation is 1. The summed E-state index contributed by atoms with van der Waals surface area (Å²) in [5.74, 6) is 0.858. The monoisotopic (exact) mass is 385 g/mol. The number of carbonyl (C=O) groups is 1. The number of para-hydroxylation sites is 1. The fraction of sp³-hybridized carbons (Fsp3) is 0.250. The van der Waals surface area contributed by atoms with Crippen LogP contribution in [0.2, 0.25) is 0 Å². The van der Waals surface area contributed by atoms with Crippen molar-refractivity contribution in [2.75, 3.05) is 7.11 Å². The number of nitrogens with one attached hydrogen (secondary N) is 2. The zero-order chi connectivity index (χ0) is 19.8. The Bertz CT molecular complexity index is 1190. The van der Waals surface area contributed by atoms with Crippen LogP contribution in [0.3, 0.4) is 0 Å². The Balaban J connectivity index is 1.67. The van der Waals surface area contributed by atoms with Crippen LogP contribution in [0, 0.1) is 0 Å². The molecule has 0 fully saturated rings. The van der Waals surface area contributed by atoms with Gasteiger partial charge in [0.1, 0.15) is 5.75 Å². The highest BCUT2D eigenvalue weighted by atomic mass is 16.5. The van der Waals surface area contributed by atoms with E-state index in [4.69, 9.17) is 9.72 Å². The summed E-state index contributed by atoms with van der Waals surface area (Å²) in [4.78, 5) is 19.7. The van der Waals surface area contributed by atoms with Gasteiger partial charge in [0.2, 0.25) is 6.41 Å². The van der Waals surface area contributed by atoms with Gasteiger partial charge in [0, 0.05) is 34.4 Å². The number of fused-ring (bicyclic) bond motifs is 5. The molecule has 5 nitrogen and oxygen atoms in total. The van der Waals surface area contributed by atoms with Crippen LogP contribution in [0.15, 0.2) is 48.5 Å². The van der Waals surface area contributed by atoms with Crippen LogP contribution in [-0.2, 0) is 24.1 Å². The lowest BCUT2D eigenvalue weighted by atomic mass is 9.88. The summed E-state index contributed by atoms with van der Waals surface area (Å²) in [7, 11) is 1.68. The summed E-state index contributed by atoms with van der Waals surface area (Å²) in [6, 6.07) is 16.8. The lowest BCUT2D eigenvalue weighted by Crippen LogP contribution is -2.34. The summed E-state index contributed by atoms with van der Waals surface area (Å²) >= 11 is 0. The van der Waals surface area contributed by atoms with Crippen molar-refractivity contribution in [3.8, 4) is 5.75 Å². The average Bonchev–Trinajstić information content (AvgIpc) is 3.15. The predicted octanol–water partition coefficient (Wildman–Crippen LogP) is 3.92. The molecule has 0 radical (unpaired) electrons. The van der Waals surface area contributed by atoms with Crippen molar-refractivity contribution in [2.45, 2.75) is 31.7 Å². The highest BCUT2D eigenvalue weighted by Crippen LogP contribution is 2.35. The van der Waals surface area contributed by atoms with Crippen molar-refractivity contribution in [1.29, 1.82) is 0 Å². The van der Waals surface area contributed by atoms with E-state index in [2.05, 4.69) is 46.7 Å². The van der Waals surface area contributed by atoms with Gasteiger partial charge in [-0.3, -0.25) is 9.78 Å². The molecule has 1 amide bonds. The molecule has 5 heteroatoms. The number of aromatic amines is 1. The zero-order valence-corrected chi connectivity index (χ0v) is 16.4. The number of ether oxygens (including phenoxy) is 1. The molecule has 0 saturated carbocycles. The van der Waals surface area contributed by atoms with Crippen molar-refractivity contribution in [2.24, 2.45) is 0 Å². The zero-order valence-electron chi connectivity index (χ0n) is 16.4. The van der Waals surface area contributed by atoms with Crippen LogP contribution in [0.1, 0.15) is 28.9 Å². The summed E-state index contributed by atoms with van der Waals surface area (Å²) in [6.07, 6.45) is 4.20. The number of nitrogens with zero attached hydrogens (tertiary/aromatic N) is 1. The predicted molar refractivity (Wildman–Crippen MR) is 114 cm³/mol. The molecule has 5 rings (SSSR count). The first-order valence-electron chi connectivity index (χ1n) is 10.0. The van der Waals surface area contributed by atoms with Crippen LogP contribution >= 0.6 is 0 Å². The minimum absolute atomic E-state index is 0.172. The highest BCUT2D eigenvalue weighted by molar-refractivity contribution is 6.10. The van der Waals surface area contributed by atoms with E-state index in [9.17, 15) is 4.79 Å². The number of H-pyrrole nitrogens is 1. The van der Waals surface area contributed by atoms with E-state index >= 15 is 0 Å². The summed E-state index contributed by atoms with van der Waals surface area (Å²) < 4.78 is 5.28. The van der Waals surface area contributed by atoms with Crippen LogP contribution in [-0.4, -0.2) is 29.5 Å². The first kappa shape index (κ1) is 17.7. The third-order valence-electron chi connectivity index (χ3n) is 5.93. The maximum atomic E-state index is 11.0. The smallest absolute Gasteiger partial charge is 0.207 e. The molecule has 146 valence electrons. The molecule has 1 aliphatic rings. The number of hydrogen-bond donors (Lipinski definition) is 2. The molecule has 2 N–H and O–H groups in total. The Morgan fingerprint density at radius 1 is 1.21 bits per heavy atom. The summed E-state index contributed by atoms with van der Waals surface area (Å²) in [5.41, 5.74) is 6.93. The SMILES string of the molecule is COc1ccc(Cc2nc3c(c4c2[nH]c2ccccc24)CC(NC=O)CC3)cc1. The lowest BCUT2D eigenvalue weighted by Gasteiger charge is -2.25. The summed E-state index contributed by atoms with van der Waals surface area (Å²) in [6.45, 7) is 0. The number of rotatable bonds is 5. The minimum atomic E-state index is 0.172. The standard InChI is InChI=1S/C24H23N3O2/c1-29-17-9-6-15(7-10-17)12-22-24-23(18-4-2-3-5-20(18)27-24)19-13-16(25-14-28)8-11-21(19)26-22/h2-7,9-10,14,16,27H,8,11-13H2,1H3,(H,25,28). The first-order valence-corrected chi connectivity index (χ1v) is 10.0. The van der Waals surface area contributed by atoms with E-state index in [0.717, 1.165) is 60.3 Å². The largest absolute Gasteiger partial charge is 0.497 e. The first-order chi connectivity index (χ1) is 14.3. The third kappa shape index (κ3) is 3.12. The number of aromatic nitrogens is 2. The van der Waals surface area contributed by atoms with Gasteiger partial charge in [-0.2, -0.15) is 0 Å². The van der Waals surface area contributed by atoms with Gasteiger partial charge in [-0.1, -0.05) is 30.3 Å². The van der Waals surface area contributed by atoms with E-state index in [-0.39, 0.29) is 6.04 Å². The molecule has 29 heavy (non-hydrogen) atoms. The Morgan fingerprint density at radius 2 is 2.03 bits per heavy atom. The topological polar surface area (TPSA) is 67.0 Å². The number of pyridine rings is 1. The van der Waals surface area contributed by atoms with E-state index in [1.807, 2.05) is 12.1 Å². The van der Waals surface area contributed by atoms with Gasteiger partial charge in [0.05, 0.1) is 18.3 Å². The van der Waals surface area contributed by atoms with E-state index < -0.39 is 0 Å². The van der Waals surface area contributed by atoms with Gasteiger partial charge in [-0.15, -0.1) is 0 Å². The second-order valence-corrected chi connectivity index (χ2v) is 7.65. The molecule has 0 aliphatic heterocycles. The average molecular weight is 385 g/mol. The second-order valence-electron chi connectivity index (χ2n) is 7.65. The van der Waals surface area contributed by atoms with Crippen molar-refractivity contribution in [1.82, 2.24) is 15.3 Å². The molecule has 1 unspecified atom stereocenters. The molecule has 0 bridgehead atoms. The number of benzene rings is 2. The van der Waals surface area contributed by atoms with Gasteiger partial charge >= 0.3 is 0 Å². The van der Waals surface area contributed by atoms with Crippen molar-refractivity contribution >= 4 is 28.2 Å². The molecular formula is C24H23N3O2. The molecule has 0 spiro atoms. The van der Waals surface area contributed by atoms with Crippen LogP contribution in [0.4, 0.5) is 0 Å². The molecule has 0 saturated heterocycles. The number of carbonyl (C=O) groups excluding carboxylic acids is 1. The Morgan fingerprint density at radius 3 is 2.83 bits per heavy atom. The lowest BCUT2D eigenvalue weighted by molar-refractivity contribution is -0.110. The summed E-state index contributed by atoms with van der Waals surface area (Å²) in [5, 5.41) is 5.45. The maximum Gasteiger partial charge on any atom is 0.207 e. The number of amides is 1. The Kier molecular flexibility index (Phi) is 4.43. The quantitative estimate of drug-likeness (QED) is 0.512. The molecule has 4 aromatic rings. The van der Waals surface area contributed by atoms with Gasteiger partial charge in [-0.05, 0) is 48.6 Å². The molecule has 2 aromatic heterocycles. The molecule has 2 aromatic carbocycles. The second kappa shape index (κ2) is 7.24. The van der Waals surface area contributed by atoms with Gasteiger partial charge in [0.15, 0.2) is 0 Å². The highest BCUT2D eigenvalue weighted by Gasteiger charge is 2.25. The molecular weight excluding hydrogens is 362 g/mol. The maximum absolute atomic E-state index is 11.0. The fourth-order valence-corrected chi connectivity index (χ4v) is 4.49. The van der Waals surface area contributed by atoms with E-state index in [1.54, 1.807) is 7.11 Å². The third-order valence-corrected chi connectivity index (χ3v) is 5.93. The fourth-order valence-electron chi connectivity index (χ4n) is 4.49. The number of methoxy groups -OCH3 is 1. The van der Waals surface area contributed by atoms with Crippen molar-refractivity contribution < 1.29 is 9.53 Å².